The van der Waals surface area contributed by atoms with Crippen LogP contribution in [0, 0.1) is 21.7 Å². The lowest BCUT2D eigenvalue weighted by Crippen LogP contribution is -2.36. The minimum Gasteiger partial charge on any atom is -0.478 e. The van der Waals surface area contributed by atoms with Crippen molar-refractivity contribution in [2.24, 2.45) is 5.73 Å². The number of nitrogens with zero attached hydrogens (tertiary/aromatic N) is 1. The molecule has 1 aliphatic rings. The average Bonchev–Trinajstić information content (AvgIpc) is 2.66. The van der Waals surface area contributed by atoms with E-state index >= 15 is 0 Å². The number of halogens is 3. The monoisotopic (exact) mass is 431 g/mol. The van der Waals surface area contributed by atoms with Gasteiger partial charge in [0.25, 0.3) is 0 Å². The number of alkyl halides is 1. The Kier molecular flexibility index (Phi) is 7.13. The van der Waals surface area contributed by atoms with Gasteiger partial charge in [-0.25, -0.2) is 18.4 Å². The van der Waals surface area contributed by atoms with Crippen LogP contribution in [-0.4, -0.2) is 53.5 Å². The first-order valence-electron chi connectivity index (χ1n) is 8.31. The SMILES string of the molecule is NCCOCC1=C(C(=O)O)C(c2c(F)ccc([N+](=O)[O-])c2F)C(C(=O)O)=C(CF)N1. The summed E-state index contributed by atoms with van der Waals surface area (Å²) in [6, 6.07) is 1.00. The number of dihydropyridines is 1. The minimum absolute atomic E-state index is 0.0411. The zero-order valence-electron chi connectivity index (χ0n) is 15.2. The van der Waals surface area contributed by atoms with Crippen molar-refractivity contribution in [3.05, 3.63) is 62.0 Å². The number of rotatable bonds is 9. The van der Waals surface area contributed by atoms with Gasteiger partial charge in [-0.3, -0.25) is 10.1 Å². The lowest BCUT2D eigenvalue weighted by atomic mass is 9.79. The molecule has 162 valence electrons. The third-order valence-corrected chi connectivity index (χ3v) is 4.22. The fourth-order valence-corrected chi connectivity index (χ4v) is 3.04. The summed E-state index contributed by atoms with van der Waals surface area (Å²) >= 11 is 0. The van der Waals surface area contributed by atoms with Crippen molar-refractivity contribution < 1.29 is 42.6 Å². The van der Waals surface area contributed by atoms with Crippen LogP contribution in [0.15, 0.2) is 34.7 Å². The molecule has 0 aliphatic carbocycles. The van der Waals surface area contributed by atoms with Gasteiger partial charge in [0.05, 0.1) is 46.6 Å². The van der Waals surface area contributed by atoms with Gasteiger partial charge >= 0.3 is 17.6 Å². The normalized spacial score (nSPS) is 16.5. The number of benzene rings is 1. The first-order chi connectivity index (χ1) is 14.1. The lowest BCUT2D eigenvalue weighted by Gasteiger charge is -2.30. The second kappa shape index (κ2) is 9.37. The van der Waals surface area contributed by atoms with Gasteiger partial charge in [0.15, 0.2) is 0 Å². The van der Waals surface area contributed by atoms with Gasteiger partial charge in [-0.05, 0) is 6.07 Å². The molecule has 1 aromatic rings. The van der Waals surface area contributed by atoms with Crippen molar-refractivity contribution in [1.29, 1.82) is 0 Å². The van der Waals surface area contributed by atoms with Crippen LogP contribution in [0.25, 0.3) is 0 Å². The van der Waals surface area contributed by atoms with Crippen molar-refractivity contribution in [1.82, 2.24) is 5.32 Å². The van der Waals surface area contributed by atoms with Gasteiger partial charge in [0, 0.05) is 18.2 Å². The molecule has 1 atom stereocenters. The van der Waals surface area contributed by atoms with Crippen LogP contribution < -0.4 is 11.1 Å². The van der Waals surface area contributed by atoms with Crippen LogP contribution in [0.3, 0.4) is 0 Å². The van der Waals surface area contributed by atoms with Gasteiger partial charge in [-0.15, -0.1) is 0 Å². The third kappa shape index (κ3) is 4.26. The number of nitrogens with one attached hydrogen (secondary N) is 1. The van der Waals surface area contributed by atoms with E-state index < -0.39 is 75.8 Å². The van der Waals surface area contributed by atoms with Crippen molar-refractivity contribution in [2.45, 2.75) is 5.92 Å². The quantitative estimate of drug-likeness (QED) is 0.255. The molecule has 30 heavy (non-hydrogen) atoms. The first kappa shape index (κ1) is 22.8. The van der Waals surface area contributed by atoms with Crippen molar-refractivity contribution in [2.75, 3.05) is 26.4 Å². The summed E-state index contributed by atoms with van der Waals surface area (Å²) in [5.41, 5.74) is -0.0516. The third-order valence-electron chi connectivity index (χ3n) is 4.22. The molecular formula is C17H16F3N3O7. The first-order valence-corrected chi connectivity index (χ1v) is 8.31. The molecule has 0 spiro atoms. The van der Waals surface area contributed by atoms with Gasteiger partial charge in [0.2, 0.25) is 5.82 Å². The lowest BCUT2D eigenvalue weighted by molar-refractivity contribution is -0.387. The maximum Gasteiger partial charge on any atom is 0.334 e. The van der Waals surface area contributed by atoms with Gasteiger partial charge in [0.1, 0.15) is 12.5 Å². The molecule has 1 aliphatic heterocycles. The summed E-state index contributed by atoms with van der Waals surface area (Å²) in [5.74, 6) is -9.07. The van der Waals surface area contributed by atoms with Crippen molar-refractivity contribution in [3.63, 3.8) is 0 Å². The number of ether oxygens (including phenoxy) is 1. The van der Waals surface area contributed by atoms with Crippen LogP contribution >= 0.6 is 0 Å². The summed E-state index contributed by atoms with van der Waals surface area (Å²) in [6.45, 7) is -1.99. The molecule has 0 radical (unpaired) electrons. The topological polar surface area (TPSA) is 165 Å². The van der Waals surface area contributed by atoms with Crippen LogP contribution in [-0.2, 0) is 14.3 Å². The summed E-state index contributed by atoms with van der Waals surface area (Å²) in [4.78, 5) is 33.6. The number of nitro groups is 1. The fourth-order valence-electron chi connectivity index (χ4n) is 3.04. The molecule has 10 nitrogen and oxygen atoms in total. The summed E-state index contributed by atoms with van der Waals surface area (Å²) in [6.07, 6.45) is 0. The fraction of sp³-hybridized carbons (Fsp3) is 0.294. The highest BCUT2D eigenvalue weighted by Crippen LogP contribution is 2.42. The van der Waals surface area contributed by atoms with Crippen LogP contribution in [0.5, 0.6) is 0 Å². The highest BCUT2D eigenvalue weighted by atomic mass is 19.1. The summed E-state index contributed by atoms with van der Waals surface area (Å²) in [5, 5.41) is 32.5. The Morgan fingerprint density at radius 2 is 1.80 bits per heavy atom. The highest BCUT2D eigenvalue weighted by Gasteiger charge is 2.42. The van der Waals surface area contributed by atoms with E-state index in [-0.39, 0.29) is 18.8 Å². The average molecular weight is 431 g/mol. The van der Waals surface area contributed by atoms with Crippen molar-refractivity contribution in [3.8, 4) is 0 Å². The number of carbonyl (C=O) groups is 2. The van der Waals surface area contributed by atoms with Crippen LogP contribution in [0.1, 0.15) is 11.5 Å². The van der Waals surface area contributed by atoms with Crippen LogP contribution in [0.2, 0.25) is 0 Å². The molecule has 0 saturated carbocycles. The maximum atomic E-state index is 14.8. The molecule has 0 bridgehead atoms. The maximum absolute atomic E-state index is 14.8. The predicted octanol–water partition coefficient (Wildman–Crippen LogP) is 1.18. The summed E-state index contributed by atoms with van der Waals surface area (Å²) < 4.78 is 48.1. The molecule has 0 aromatic heterocycles. The van der Waals surface area contributed by atoms with Crippen LogP contribution in [0.4, 0.5) is 18.9 Å². The Labute approximate surface area is 166 Å². The predicted molar refractivity (Wildman–Crippen MR) is 94.1 cm³/mol. The Balaban J connectivity index is 2.86. The van der Waals surface area contributed by atoms with E-state index in [9.17, 15) is 43.1 Å². The number of carboxylic acid groups (broad SMARTS) is 2. The van der Waals surface area contributed by atoms with Gasteiger partial charge in [-0.2, -0.15) is 4.39 Å². The molecule has 1 heterocycles. The Morgan fingerprint density at radius 3 is 2.30 bits per heavy atom. The zero-order valence-corrected chi connectivity index (χ0v) is 15.2. The van der Waals surface area contributed by atoms with E-state index in [2.05, 4.69) is 5.32 Å². The second-order valence-electron chi connectivity index (χ2n) is 5.98. The Morgan fingerprint density at radius 1 is 1.20 bits per heavy atom. The molecule has 1 unspecified atom stereocenters. The molecule has 2 rings (SSSR count). The molecule has 0 fully saturated rings. The zero-order chi connectivity index (χ0) is 22.6. The molecule has 0 saturated heterocycles. The standard InChI is InChI=1S/C17H16F3N3O7/c18-5-8-12(16(24)25)14(11-7(19)1-2-10(15(11)20)23(28)29)13(17(26)27)9(22-8)6-30-4-3-21/h1-2,14,22H,3-6,21H2,(H,24,25)(H,26,27). The molecule has 0 amide bonds. The number of hydrogen-bond donors (Lipinski definition) is 4. The number of allylic oxidation sites excluding steroid dienone is 1. The highest BCUT2D eigenvalue weighted by molar-refractivity contribution is 5.98. The smallest absolute Gasteiger partial charge is 0.334 e. The van der Waals surface area contributed by atoms with E-state index in [0.717, 1.165) is 0 Å². The van der Waals surface area contributed by atoms with E-state index in [1.54, 1.807) is 0 Å². The molecule has 13 heteroatoms. The Bertz CT molecular complexity index is 962. The van der Waals surface area contributed by atoms with E-state index in [0.29, 0.717) is 12.1 Å². The number of aliphatic carboxylic acids is 2. The number of carboxylic acids is 2. The number of nitrogens with two attached hydrogens (primary N) is 1. The largest absolute Gasteiger partial charge is 0.478 e. The molecular weight excluding hydrogens is 415 g/mol. The number of nitro benzene ring substituents is 1. The number of hydrogen-bond acceptors (Lipinski definition) is 7. The molecule has 5 N–H and O–H groups in total. The minimum atomic E-state index is -2.19. The van der Waals surface area contributed by atoms with Gasteiger partial charge < -0.3 is 26.0 Å². The van der Waals surface area contributed by atoms with E-state index in [1.165, 1.54) is 0 Å². The van der Waals surface area contributed by atoms with E-state index in [1.807, 2.05) is 0 Å². The Hall–Kier alpha value is -3.45. The van der Waals surface area contributed by atoms with Gasteiger partial charge in [-0.1, -0.05) is 0 Å². The van der Waals surface area contributed by atoms with E-state index in [4.69, 9.17) is 10.5 Å². The second-order valence-corrected chi connectivity index (χ2v) is 5.98. The molecule has 1 aromatic carbocycles. The summed E-state index contributed by atoms with van der Waals surface area (Å²) in [7, 11) is 0. The van der Waals surface area contributed by atoms with Crippen molar-refractivity contribution >= 4 is 17.6 Å².